The van der Waals surface area contributed by atoms with Crippen molar-refractivity contribution >= 4 is 17.3 Å². The van der Waals surface area contributed by atoms with Gasteiger partial charge in [-0.05, 0) is 31.6 Å². The van der Waals surface area contributed by atoms with Crippen molar-refractivity contribution in [2.24, 2.45) is 11.8 Å². The topological polar surface area (TPSA) is 61.0 Å². The molecular formula is C12H18ClN3O2. The quantitative estimate of drug-likeness (QED) is 0.607. The van der Waals surface area contributed by atoms with Gasteiger partial charge in [-0.25, -0.2) is 4.68 Å². The molecule has 0 saturated heterocycles. The van der Waals surface area contributed by atoms with Crippen LogP contribution in [0.2, 0.25) is 5.15 Å². The average Bonchev–Trinajstić information content (AvgIpc) is 3.02. The SMILES string of the molecule is CC(C)Cc1nn(C(C)C2CC2)c(Cl)c1[N+](=O)[O-]. The lowest BCUT2D eigenvalue weighted by Gasteiger charge is -2.10. The van der Waals surface area contributed by atoms with Crippen LogP contribution in [-0.4, -0.2) is 14.7 Å². The number of hydrogen-bond acceptors (Lipinski definition) is 3. The normalized spacial score (nSPS) is 17.2. The smallest absolute Gasteiger partial charge is 0.258 e. The summed E-state index contributed by atoms with van der Waals surface area (Å²) in [6.45, 7) is 6.06. The maximum absolute atomic E-state index is 11.1. The number of nitrogens with zero attached hydrogens (tertiary/aromatic N) is 3. The molecule has 1 atom stereocenters. The summed E-state index contributed by atoms with van der Waals surface area (Å²) < 4.78 is 1.63. The van der Waals surface area contributed by atoms with E-state index >= 15 is 0 Å². The maximum Gasteiger partial charge on any atom is 0.329 e. The van der Waals surface area contributed by atoms with E-state index in [0.29, 0.717) is 24.0 Å². The van der Waals surface area contributed by atoms with Crippen LogP contribution in [0.15, 0.2) is 0 Å². The highest BCUT2D eigenvalue weighted by molar-refractivity contribution is 6.31. The molecule has 1 saturated carbocycles. The summed E-state index contributed by atoms with van der Waals surface area (Å²) >= 11 is 6.13. The zero-order valence-corrected chi connectivity index (χ0v) is 11.6. The second-order valence-electron chi connectivity index (χ2n) is 5.46. The third-order valence-corrected chi connectivity index (χ3v) is 3.72. The molecule has 2 rings (SSSR count). The zero-order chi connectivity index (χ0) is 13.4. The summed E-state index contributed by atoms with van der Waals surface area (Å²) in [5.41, 5.74) is 0.491. The van der Waals surface area contributed by atoms with Gasteiger partial charge < -0.3 is 0 Å². The van der Waals surface area contributed by atoms with Crippen molar-refractivity contribution in [2.45, 2.75) is 46.1 Å². The lowest BCUT2D eigenvalue weighted by atomic mass is 10.1. The van der Waals surface area contributed by atoms with Crippen molar-refractivity contribution in [3.63, 3.8) is 0 Å². The molecule has 100 valence electrons. The van der Waals surface area contributed by atoms with Crippen LogP contribution in [0.5, 0.6) is 0 Å². The highest BCUT2D eigenvalue weighted by Gasteiger charge is 2.35. The minimum atomic E-state index is -0.414. The minimum Gasteiger partial charge on any atom is -0.258 e. The molecule has 0 bridgehead atoms. The molecule has 0 aromatic carbocycles. The molecule has 1 aliphatic carbocycles. The third-order valence-electron chi connectivity index (χ3n) is 3.37. The Bertz CT molecular complexity index is 466. The Morgan fingerprint density at radius 3 is 2.56 bits per heavy atom. The Morgan fingerprint density at radius 2 is 2.11 bits per heavy atom. The molecule has 1 heterocycles. The average molecular weight is 272 g/mol. The third kappa shape index (κ3) is 2.51. The molecule has 1 aromatic rings. The monoisotopic (exact) mass is 271 g/mol. The summed E-state index contributed by atoms with van der Waals surface area (Å²) in [7, 11) is 0. The first-order chi connectivity index (χ1) is 8.41. The molecule has 1 unspecified atom stereocenters. The lowest BCUT2D eigenvalue weighted by Crippen LogP contribution is -2.09. The fourth-order valence-corrected chi connectivity index (χ4v) is 2.57. The molecule has 0 amide bonds. The van der Waals surface area contributed by atoms with Crippen LogP contribution in [0.25, 0.3) is 0 Å². The van der Waals surface area contributed by atoms with Gasteiger partial charge in [-0.1, -0.05) is 25.4 Å². The van der Waals surface area contributed by atoms with Gasteiger partial charge in [-0.3, -0.25) is 10.1 Å². The van der Waals surface area contributed by atoms with E-state index < -0.39 is 4.92 Å². The van der Waals surface area contributed by atoms with Crippen LogP contribution in [-0.2, 0) is 6.42 Å². The molecule has 0 spiro atoms. The zero-order valence-electron chi connectivity index (χ0n) is 10.9. The Kier molecular flexibility index (Phi) is 3.61. The van der Waals surface area contributed by atoms with Crippen LogP contribution in [0.1, 0.15) is 45.3 Å². The van der Waals surface area contributed by atoms with Crippen molar-refractivity contribution in [1.82, 2.24) is 9.78 Å². The predicted molar refractivity (Wildman–Crippen MR) is 69.9 cm³/mol. The van der Waals surface area contributed by atoms with Gasteiger partial charge in [0, 0.05) is 6.42 Å². The first kappa shape index (κ1) is 13.3. The highest BCUT2D eigenvalue weighted by Crippen LogP contribution is 2.42. The molecule has 0 N–H and O–H groups in total. The number of rotatable bonds is 5. The van der Waals surface area contributed by atoms with Crippen molar-refractivity contribution in [3.8, 4) is 0 Å². The predicted octanol–water partition coefficient (Wildman–Crippen LogP) is 3.61. The van der Waals surface area contributed by atoms with E-state index in [1.807, 2.05) is 20.8 Å². The highest BCUT2D eigenvalue weighted by atomic mass is 35.5. The molecular weight excluding hydrogens is 254 g/mol. The van der Waals surface area contributed by atoms with Crippen LogP contribution in [0.4, 0.5) is 5.69 Å². The summed E-state index contributed by atoms with van der Waals surface area (Å²) in [5.74, 6) is 0.883. The lowest BCUT2D eigenvalue weighted by molar-refractivity contribution is -0.385. The van der Waals surface area contributed by atoms with Gasteiger partial charge in [0.15, 0.2) is 0 Å². The summed E-state index contributed by atoms with van der Waals surface area (Å²) in [6, 6.07) is 0.150. The molecule has 5 nitrogen and oxygen atoms in total. The van der Waals surface area contributed by atoms with Gasteiger partial charge in [0.25, 0.3) is 0 Å². The fourth-order valence-electron chi connectivity index (χ4n) is 2.20. The molecule has 6 heteroatoms. The van der Waals surface area contributed by atoms with Gasteiger partial charge in [-0.15, -0.1) is 0 Å². The minimum absolute atomic E-state index is 0.0159. The van der Waals surface area contributed by atoms with Gasteiger partial charge in [0.1, 0.15) is 5.69 Å². The van der Waals surface area contributed by atoms with Crippen LogP contribution in [0, 0.1) is 22.0 Å². The first-order valence-corrected chi connectivity index (χ1v) is 6.70. The number of aromatic nitrogens is 2. The first-order valence-electron chi connectivity index (χ1n) is 6.33. The van der Waals surface area contributed by atoms with Gasteiger partial charge in [0.05, 0.1) is 11.0 Å². The molecule has 1 aromatic heterocycles. The molecule has 0 aliphatic heterocycles. The molecule has 0 radical (unpaired) electrons. The van der Waals surface area contributed by atoms with Crippen molar-refractivity contribution in [3.05, 3.63) is 21.0 Å². The number of nitro groups is 1. The Hall–Kier alpha value is -1.10. The number of hydrogen-bond donors (Lipinski definition) is 0. The van der Waals surface area contributed by atoms with E-state index in [9.17, 15) is 10.1 Å². The van der Waals surface area contributed by atoms with Gasteiger partial charge in [0.2, 0.25) is 5.15 Å². The van der Waals surface area contributed by atoms with Crippen molar-refractivity contribution in [2.75, 3.05) is 0 Å². The van der Waals surface area contributed by atoms with Crippen LogP contribution < -0.4 is 0 Å². The largest absolute Gasteiger partial charge is 0.329 e. The van der Waals surface area contributed by atoms with E-state index in [4.69, 9.17) is 11.6 Å². The van der Waals surface area contributed by atoms with Gasteiger partial charge >= 0.3 is 5.69 Å². The van der Waals surface area contributed by atoms with Crippen LogP contribution >= 0.6 is 11.6 Å². The van der Waals surface area contributed by atoms with E-state index in [2.05, 4.69) is 5.10 Å². The summed E-state index contributed by atoms with van der Waals surface area (Å²) in [4.78, 5) is 10.7. The second-order valence-corrected chi connectivity index (χ2v) is 5.82. The fraction of sp³-hybridized carbons (Fsp3) is 0.750. The molecule has 1 fully saturated rings. The van der Waals surface area contributed by atoms with E-state index in [1.165, 1.54) is 0 Å². The maximum atomic E-state index is 11.1. The molecule has 18 heavy (non-hydrogen) atoms. The van der Waals surface area contributed by atoms with E-state index in [-0.39, 0.29) is 16.9 Å². The standard InChI is InChI=1S/C12H18ClN3O2/c1-7(2)6-10-11(16(17)18)12(13)15(14-10)8(3)9-4-5-9/h7-9H,4-6H2,1-3H3. The van der Waals surface area contributed by atoms with Crippen molar-refractivity contribution < 1.29 is 4.92 Å². The Morgan fingerprint density at radius 1 is 1.50 bits per heavy atom. The number of halogens is 1. The van der Waals surface area contributed by atoms with Crippen LogP contribution in [0.3, 0.4) is 0 Å². The van der Waals surface area contributed by atoms with Gasteiger partial charge in [-0.2, -0.15) is 5.10 Å². The van der Waals surface area contributed by atoms with Crippen molar-refractivity contribution in [1.29, 1.82) is 0 Å². The Labute approximate surface area is 111 Å². The molecule has 1 aliphatic rings. The summed E-state index contributed by atoms with van der Waals surface area (Å²) in [6.07, 6.45) is 2.90. The van der Waals surface area contributed by atoms with E-state index in [1.54, 1.807) is 4.68 Å². The second kappa shape index (κ2) is 4.88. The summed E-state index contributed by atoms with van der Waals surface area (Å²) in [5, 5.41) is 15.7. The van der Waals surface area contributed by atoms with E-state index in [0.717, 1.165) is 12.8 Å². The Balaban J connectivity index is 2.39.